The van der Waals surface area contributed by atoms with Crippen molar-refractivity contribution in [2.45, 2.75) is 6.92 Å². The number of hydrazone groups is 1. The molecule has 3 nitrogen and oxygen atoms in total. The summed E-state index contributed by atoms with van der Waals surface area (Å²) >= 11 is 0. The van der Waals surface area contributed by atoms with Crippen molar-refractivity contribution in [3.8, 4) is 0 Å². The van der Waals surface area contributed by atoms with Crippen molar-refractivity contribution in [3.63, 3.8) is 0 Å². The van der Waals surface area contributed by atoms with Crippen molar-refractivity contribution in [2.75, 3.05) is 5.43 Å². The van der Waals surface area contributed by atoms with Gasteiger partial charge in [-0.25, -0.2) is 0 Å². The Morgan fingerprint density at radius 2 is 1.70 bits per heavy atom. The predicted octanol–water partition coefficient (Wildman–Crippen LogP) is 4.07. The number of nitrogens with zero attached hydrogens (tertiary/aromatic N) is 2. The van der Waals surface area contributed by atoms with Gasteiger partial charge in [-0.2, -0.15) is 5.10 Å². The van der Waals surface area contributed by atoms with Crippen LogP contribution in [0.15, 0.2) is 72.0 Å². The fourth-order valence-corrected chi connectivity index (χ4v) is 2.08. The van der Waals surface area contributed by atoms with E-state index in [9.17, 15) is 0 Å². The minimum atomic E-state index is 0.950. The number of pyridine rings is 1. The molecule has 3 heteroatoms. The molecule has 2 aromatic carbocycles. The Bertz CT molecular complexity index is 743. The van der Waals surface area contributed by atoms with E-state index in [4.69, 9.17) is 0 Å². The lowest BCUT2D eigenvalue weighted by atomic mass is 10.1. The molecule has 98 valence electrons. The number of anilines is 1. The molecule has 0 radical (unpaired) electrons. The second-order valence-corrected chi connectivity index (χ2v) is 4.55. The molecule has 0 aliphatic heterocycles. The van der Waals surface area contributed by atoms with Crippen LogP contribution >= 0.6 is 0 Å². The van der Waals surface area contributed by atoms with Gasteiger partial charge in [-0.1, -0.05) is 48.5 Å². The zero-order valence-corrected chi connectivity index (χ0v) is 11.2. The Labute approximate surface area is 118 Å². The summed E-state index contributed by atoms with van der Waals surface area (Å²) in [5, 5.41) is 5.52. The molecule has 3 rings (SSSR count). The first-order valence-corrected chi connectivity index (χ1v) is 6.54. The van der Waals surface area contributed by atoms with Gasteiger partial charge in [0.05, 0.1) is 16.9 Å². The first kappa shape index (κ1) is 12.4. The molecule has 0 atom stereocenters. The normalized spacial score (nSPS) is 11.6. The van der Waals surface area contributed by atoms with Crippen molar-refractivity contribution in [1.82, 2.24) is 4.98 Å². The van der Waals surface area contributed by atoms with Crippen molar-refractivity contribution in [2.24, 2.45) is 5.10 Å². The highest BCUT2D eigenvalue weighted by molar-refractivity contribution is 5.99. The van der Waals surface area contributed by atoms with Crippen LogP contribution in [0.25, 0.3) is 10.9 Å². The standard InChI is InChI=1S/C17H15N3/c1-13(14-7-3-2-4-8-14)19-20-17-11-12-18-16-10-6-5-9-15(16)17/h2-12H,1H3,(H,18,20)/b19-13+. The summed E-state index contributed by atoms with van der Waals surface area (Å²) in [6.07, 6.45) is 1.79. The van der Waals surface area contributed by atoms with Crippen LogP contribution in [0.5, 0.6) is 0 Å². The van der Waals surface area contributed by atoms with Crippen LogP contribution in [-0.2, 0) is 0 Å². The van der Waals surface area contributed by atoms with E-state index < -0.39 is 0 Å². The molecule has 0 fully saturated rings. The van der Waals surface area contributed by atoms with Gasteiger partial charge in [-0.15, -0.1) is 0 Å². The number of aromatic nitrogens is 1. The number of fused-ring (bicyclic) bond motifs is 1. The maximum Gasteiger partial charge on any atom is 0.0723 e. The minimum absolute atomic E-state index is 0.950. The molecule has 1 heterocycles. The average molecular weight is 261 g/mol. The van der Waals surface area contributed by atoms with Gasteiger partial charge in [0.2, 0.25) is 0 Å². The molecule has 0 amide bonds. The number of hydrogen-bond donors (Lipinski definition) is 1. The number of benzene rings is 2. The fourth-order valence-electron chi connectivity index (χ4n) is 2.08. The molecule has 0 aliphatic rings. The van der Waals surface area contributed by atoms with Crippen LogP contribution in [0, 0.1) is 0 Å². The van der Waals surface area contributed by atoms with Crippen LogP contribution in [0.1, 0.15) is 12.5 Å². The van der Waals surface area contributed by atoms with Gasteiger partial charge in [0, 0.05) is 11.6 Å². The molecule has 20 heavy (non-hydrogen) atoms. The van der Waals surface area contributed by atoms with E-state index in [1.807, 2.05) is 67.6 Å². The monoisotopic (exact) mass is 261 g/mol. The molecule has 1 N–H and O–H groups in total. The average Bonchev–Trinajstić information content (AvgIpc) is 2.53. The largest absolute Gasteiger partial charge is 0.277 e. The molecular formula is C17H15N3. The molecule has 3 aromatic rings. The fraction of sp³-hybridized carbons (Fsp3) is 0.0588. The van der Waals surface area contributed by atoms with Gasteiger partial charge in [0.15, 0.2) is 0 Å². The highest BCUT2D eigenvalue weighted by atomic mass is 15.3. The van der Waals surface area contributed by atoms with Crippen LogP contribution in [-0.4, -0.2) is 10.7 Å². The zero-order valence-electron chi connectivity index (χ0n) is 11.2. The van der Waals surface area contributed by atoms with E-state index in [0.29, 0.717) is 0 Å². The van der Waals surface area contributed by atoms with Gasteiger partial charge in [0.1, 0.15) is 0 Å². The van der Waals surface area contributed by atoms with Crippen molar-refractivity contribution >= 4 is 22.3 Å². The maximum atomic E-state index is 4.45. The molecule has 0 saturated carbocycles. The van der Waals surface area contributed by atoms with E-state index >= 15 is 0 Å². The third kappa shape index (κ3) is 2.52. The number of nitrogens with one attached hydrogen (secondary N) is 1. The summed E-state index contributed by atoms with van der Waals surface area (Å²) in [7, 11) is 0. The predicted molar refractivity (Wildman–Crippen MR) is 84.0 cm³/mol. The van der Waals surface area contributed by atoms with E-state index in [-0.39, 0.29) is 0 Å². The zero-order chi connectivity index (χ0) is 13.8. The summed E-state index contributed by atoms with van der Waals surface area (Å²) in [4.78, 5) is 4.34. The number of hydrogen-bond acceptors (Lipinski definition) is 3. The maximum absolute atomic E-state index is 4.45. The second-order valence-electron chi connectivity index (χ2n) is 4.55. The third-order valence-electron chi connectivity index (χ3n) is 3.18. The molecule has 0 bridgehead atoms. The van der Waals surface area contributed by atoms with Gasteiger partial charge >= 0.3 is 0 Å². The second kappa shape index (κ2) is 5.53. The highest BCUT2D eigenvalue weighted by Crippen LogP contribution is 2.20. The molecule has 0 saturated heterocycles. The number of para-hydroxylation sites is 1. The first-order valence-electron chi connectivity index (χ1n) is 6.54. The summed E-state index contributed by atoms with van der Waals surface area (Å²) in [5.41, 5.74) is 7.12. The summed E-state index contributed by atoms with van der Waals surface area (Å²) in [6.45, 7) is 1.99. The summed E-state index contributed by atoms with van der Waals surface area (Å²) < 4.78 is 0. The molecular weight excluding hydrogens is 246 g/mol. The lowest BCUT2D eigenvalue weighted by Crippen LogP contribution is -1.99. The topological polar surface area (TPSA) is 37.3 Å². The quantitative estimate of drug-likeness (QED) is 0.570. The molecule has 0 unspecified atom stereocenters. The van der Waals surface area contributed by atoms with Crippen LogP contribution in [0.4, 0.5) is 5.69 Å². The molecule has 0 spiro atoms. The smallest absolute Gasteiger partial charge is 0.0723 e. The van der Waals surface area contributed by atoms with E-state index in [0.717, 1.165) is 27.9 Å². The van der Waals surface area contributed by atoms with Crippen molar-refractivity contribution in [1.29, 1.82) is 0 Å². The van der Waals surface area contributed by atoms with E-state index in [2.05, 4.69) is 15.5 Å². The van der Waals surface area contributed by atoms with Crippen LogP contribution in [0.3, 0.4) is 0 Å². The Kier molecular flexibility index (Phi) is 3.42. The first-order chi connectivity index (χ1) is 9.84. The van der Waals surface area contributed by atoms with Gasteiger partial charge in [0.25, 0.3) is 0 Å². The summed E-state index contributed by atoms with van der Waals surface area (Å²) in [6, 6.07) is 20.1. The SMILES string of the molecule is C/C(=N\Nc1ccnc2ccccc12)c1ccccc1. The third-order valence-corrected chi connectivity index (χ3v) is 3.18. The molecule has 0 aliphatic carbocycles. The van der Waals surface area contributed by atoms with Crippen molar-refractivity contribution < 1.29 is 0 Å². The Morgan fingerprint density at radius 1 is 0.950 bits per heavy atom. The summed E-state index contributed by atoms with van der Waals surface area (Å²) in [5.74, 6) is 0. The lowest BCUT2D eigenvalue weighted by molar-refractivity contribution is 1.31. The molecule has 1 aromatic heterocycles. The Hall–Kier alpha value is -2.68. The van der Waals surface area contributed by atoms with Crippen molar-refractivity contribution in [3.05, 3.63) is 72.4 Å². The Morgan fingerprint density at radius 3 is 2.55 bits per heavy atom. The minimum Gasteiger partial charge on any atom is -0.277 e. The number of rotatable bonds is 3. The van der Waals surface area contributed by atoms with Gasteiger partial charge < -0.3 is 0 Å². The van der Waals surface area contributed by atoms with Gasteiger partial charge in [-0.3, -0.25) is 10.4 Å². The highest BCUT2D eigenvalue weighted by Gasteiger charge is 2.00. The lowest BCUT2D eigenvalue weighted by Gasteiger charge is -2.06. The Balaban J connectivity index is 1.91. The van der Waals surface area contributed by atoms with Gasteiger partial charge in [-0.05, 0) is 24.6 Å². The van der Waals surface area contributed by atoms with E-state index in [1.54, 1.807) is 6.20 Å². The van der Waals surface area contributed by atoms with E-state index in [1.165, 1.54) is 0 Å². The van der Waals surface area contributed by atoms with Crippen LogP contribution in [0.2, 0.25) is 0 Å². The van der Waals surface area contributed by atoms with Crippen LogP contribution < -0.4 is 5.43 Å².